The Labute approximate surface area is 123 Å². The molecule has 96 valence electrons. The third-order valence-corrected chi connectivity index (χ3v) is 4.36. The van der Waals surface area contributed by atoms with Crippen LogP contribution in [0.25, 0.3) is 5.65 Å². The Balaban J connectivity index is 1.84. The molecule has 19 heavy (non-hydrogen) atoms. The molecule has 0 saturated carbocycles. The molecule has 3 aromatic rings. The van der Waals surface area contributed by atoms with Gasteiger partial charge in [0, 0.05) is 23.8 Å². The van der Waals surface area contributed by atoms with Crippen molar-refractivity contribution in [1.82, 2.24) is 19.4 Å². The quantitative estimate of drug-likeness (QED) is 0.543. The van der Waals surface area contributed by atoms with Crippen molar-refractivity contribution in [2.45, 2.75) is 17.8 Å². The molecule has 0 spiro atoms. The van der Waals surface area contributed by atoms with Crippen LogP contribution in [-0.4, -0.2) is 19.4 Å². The molecule has 0 bridgehead atoms. The fourth-order valence-electron chi connectivity index (χ4n) is 1.73. The van der Waals surface area contributed by atoms with E-state index in [1.807, 2.05) is 41.8 Å². The number of imidazole rings is 1. The molecule has 0 unspecified atom stereocenters. The number of halogens is 1. The van der Waals surface area contributed by atoms with E-state index in [4.69, 9.17) is 0 Å². The van der Waals surface area contributed by atoms with Crippen molar-refractivity contribution in [2.24, 2.45) is 0 Å². The number of hydrogen-bond donors (Lipinski definition) is 0. The molecule has 0 N–H and O–H groups in total. The van der Waals surface area contributed by atoms with E-state index in [1.165, 1.54) is 0 Å². The highest BCUT2D eigenvalue weighted by Crippen LogP contribution is 2.25. The molecule has 0 aromatic carbocycles. The lowest BCUT2D eigenvalue weighted by Crippen LogP contribution is -1.90. The maximum absolute atomic E-state index is 4.59. The van der Waals surface area contributed by atoms with Gasteiger partial charge in [0.2, 0.25) is 0 Å². The number of aryl methyl sites for hydroxylation is 1. The van der Waals surface area contributed by atoms with Crippen molar-refractivity contribution in [1.29, 1.82) is 0 Å². The van der Waals surface area contributed by atoms with E-state index >= 15 is 0 Å². The summed E-state index contributed by atoms with van der Waals surface area (Å²) in [4.78, 5) is 13.2. The summed E-state index contributed by atoms with van der Waals surface area (Å²) < 4.78 is 3.01. The molecular formula is C13H11BrN4S. The van der Waals surface area contributed by atoms with Crippen LogP contribution in [0.3, 0.4) is 0 Å². The molecule has 3 rings (SSSR count). The molecule has 0 aliphatic heterocycles. The Hall–Kier alpha value is -1.40. The van der Waals surface area contributed by atoms with E-state index in [1.54, 1.807) is 18.0 Å². The SMILES string of the molecule is Cc1ccnc(SCc2nc3ccccn3c2Br)n1. The van der Waals surface area contributed by atoms with E-state index in [9.17, 15) is 0 Å². The first-order chi connectivity index (χ1) is 9.24. The molecule has 3 aromatic heterocycles. The highest BCUT2D eigenvalue weighted by atomic mass is 79.9. The Morgan fingerprint density at radius 1 is 1.26 bits per heavy atom. The summed E-state index contributed by atoms with van der Waals surface area (Å²) in [6, 6.07) is 7.85. The van der Waals surface area contributed by atoms with Crippen LogP contribution in [0, 0.1) is 6.92 Å². The van der Waals surface area contributed by atoms with E-state index in [0.717, 1.165) is 32.5 Å². The van der Waals surface area contributed by atoms with Crippen LogP contribution in [0.15, 0.2) is 46.4 Å². The van der Waals surface area contributed by atoms with Crippen LogP contribution in [-0.2, 0) is 5.75 Å². The van der Waals surface area contributed by atoms with Gasteiger partial charge < -0.3 is 0 Å². The monoisotopic (exact) mass is 334 g/mol. The average Bonchev–Trinajstić information content (AvgIpc) is 2.74. The fraction of sp³-hybridized carbons (Fsp3) is 0.154. The predicted octanol–water partition coefficient (Wildman–Crippen LogP) is 3.49. The molecule has 4 nitrogen and oxygen atoms in total. The average molecular weight is 335 g/mol. The van der Waals surface area contributed by atoms with Crippen molar-refractivity contribution in [3.63, 3.8) is 0 Å². The van der Waals surface area contributed by atoms with Crippen molar-refractivity contribution in [3.8, 4) is 0 Å². The number of fused-ring (bicyclic) bond motifs is 1. The van der Waals surface area contributed by atoms with Gasteiger partial charge >= 0.3 is 0 Å². The molecule has 0 radical (unpaired) electrons. The van der Waals surface area contributed by atoms with E-state index in [0.29, 0.717) is 0 Å². The summed E-state index contributed by atoms with van der Waals surface area (Å²) in [7, 11) is 0. The lowest BCUT2D eigenvalue weighted by molar-refractivity contribution is 0.931. The number of thioether (sulfide) groups is 1. The molecule has 6 heteroatoms. The van der Waals surface area contributed by atoms with Gasteiger partial charge in [-0.15, -0.1) is 0 Å². The maximum atomic E-state index is 4.59. The van der Waals surface area contributed by atoms with Crippen molar-refractivity contribution < 1.29 is 0 Å². The first kappa shape index (κ1) is 12.6. The molecule has 0 aliphatic carbocycles. The number of rotatable bonds is 3. The van der Waals surface area contributed by atoms with Gasteiger partial charge in [-0.2, -0.15) is 0 Å². The first-order valence-corrected chi connectivity index (χ1v) is 7.56. The second-order valence-corrected chi connectivity index (χ2v) is 5.74. The summed E-state index contributed by atoms with van der Waals surface area (Å²) in [5, 5.41) is 0.781. The first-order valence-electron chi connectivity index (χ1n) is 5.78. The summed E-state index contributed by atoms with van der Waals surface area (Å²) in [6.45, 7) is 1.96. The van der Waals surface area contributed by atoms with Gasteiger partial charge in [-0.25, -0.2) is 15.0 Å². The van der Waals surface area contributed by atoms with E-state index < -0.39 is 0 Å². The van der Waals surface area contributed by atoms with Crippen molar-refractivity contribution >= 4 is 33.3 Å². The lowest BCUT2D eigenvalue weighted by Gasteiger charge is -1.99. The summed E-state index contributed by atoms with van der Waals surface area (Å²) in [6.07, 6.45) is 3.77. The second-order valence-electron chi connectivity index (χ2n) is 4.05. The largest absolute Gasteiger partial charge is 0.294 e. The molecular weight excluding hydrogens is 324 g/mol. The normalized spacial score (nSPS) is 11.1. The maximum Gasteiger partial charge on any atom is 0.188 e. The minimum Gasteiger partial charge on any atom is -0.294 e. The van der Waals surface area contributed by atoms with E-state index in [2.05, 4.69) is 30.9 Å². The molecule has 0 atom stereocenters. The van der Waals surface area contributed by atoms with Gasteiger partial charge in [0.25, 0.3) is 0 Å². The second kappa shape index (κ2) is 5.30. The third kappa shape index (κ3) is 2.64. The molecule has 0 aliphatic rings. The van der Waals surface area contributed by atoms with Gasteiger partial charge in [0.15, 0.2) is 5.16 Å². The fourth-order valence-corrected chi connectivity index (χ4v) is 3.26. The van der Waals surface area contributed by atoms with Crippen LogP contribution in [0.1, 0.15) is 11.4 Å². The topological polar surface area (TPSA) is 43.1 Å². The molecule has 3 heterocycles. The zero-order valence-corrected chi connectivity index (χ0v) is 12.6. The van der Waals surface area contributed by atoms with Crippen LogP contribution < -0.4 is 0 Å². The number of aromatic nitrogens is 4. The summed E-state index contributed by atoms with van der Waals surface area (Å²) >= 11 is 5.18. The Morgan fingerprint density at radius 2 is 2.16 bits per heavy atom. The standard InChI is InChI=1S/C13H11BrN4S/c1-9-5-6-15-13(16-9)19-8-10-12(14)18-7-3-2-4-11(18)17-10/h2-7H,8H2,1H3. The Bertz CT molecular complexity index is 725. The van der Waals surface area contributed by atoms with Crippen LogP contribution in [0.5, 0.6) is 0 Å². The zero-order valence-electron chi connectivity index (χ0n) is 10.2. The van der Waals surface area contributed by atoms with Gasteiger partial charge in [-0.05, 0) is 41.1 Å². The lowest BCUT2D eigenvalue weighted by atomic mass is 10.5. The van der Waals surface area contributed by atoms with Crippen molar-refractivity contribution in [3.05, 3.63) is 52.7 Å². The molecule has 0 amide bonds. The zero-order chi connectivity index (χ0) is 13.2. The minimum atomic E-state index is 0.742. The summed E-state index contributed by atoms with van der Waals surface area (Å²) in [5.74, 6) is 0.742. The third-order valence-electron chi connectivity index (χ3n) is 2.65. The highest BCUT2D eigenvalue weighted by molar-refractivity contribution is 9.10. The minimum absolute atomic E-state index is 0.742. The van der Waals surface area contributed by atoms with Gasteiger partial charge in [-0.3, -0.25) is 4.40 Å². The Morgan fingerprint density at radius 3 is 2.95 bits per heavy atom. The van der Waals surface area contributed by atoms with Crippen molar-refractivity contribution in [2.75, 3.05) is 0 Å². The smallest absolute Gasteiger partial charge is 0.188 e. The number of nitrogens with zero attached hydrogens (tertiary/aromatic N) is 4. The summed E-state index contributed by atoms with van der Waals surface area (Å²) in [5.41, 5.74) is 2.92. The number of pyridine rings is 1. The molecule has 0 fully saturated rings. The van der Waals surface area contributed by atoms with E-state index in [-0.39, 0.29) is 0 Å². The van der Waals surface area contributed by atoms with Gasteiger partial charge in [0.05, 0.1) is 5.69 Å². The van der Waals surface area contributed by atoms with Crippen LogP contribution >= 0.6 is 27.7 Å². The highest BCUT2D eigenvalue weighted by Gasteiger charge is 2.10. The molecule has 0 saturated heterocycles. The Kier molecular flexibility index (Phi) is 3.52. The van der Waals surface area contributed by atoms with Crippen LogP contribution in [0.4, 0.5) is 0 Å². The predicted molar refractivity (Wildman–Crippen MR) is 79.2 cm³/mol. The number of hydrogen-bond acceptors (Lipinski definition) is 4. The van der Waals surface area contributed by atoms with Crippen LogP contribution in [0.2, 0.25) is 0 Å². The van der Waals surface area contributed by atoms with Gasteiger partial charge in [-0.1, -0.05) is 17.8 Å². The van der Waals surface area contributed by atoms with Gasteiger partial charge in [0.1, 0.15) is 10.3 Å².